The van der Waals surface area contributed by atoms with Crippen LogP contribution in [0.4, 0.5) is 0 Å². The Bertz CT molecular complexity index is 369. The third-order valence-corrected chi connectivity index (χ3v) is 4.78. The Morgan fingerprint density at radius 1 is 1.53 bits per heavy atom. The van der Waals surface area contributed by atoms with Crippen molar-refractivity contribution in [1.29, 1.82) is 0 Å². The summed E-state index contributed by atoms with van der Waals surface area (Å²) in [4.78, 5) is 4.34. The van der Waals surface area contributed by atoms with Crippen LogP contribution in [0.1, 0.15) is 43.3 Å². The first-order valence-electron chi connectivity index (χ1n) is 6.31. The van der Waals surface area contributed by atoms with Crippen molar-refractivity contribution in [3.05, 3.63) is 16.1 Å². The van der Waals surface area contributed by atoms with Gasteiger partial charge in [0.15, 0.2) is 0 Å². The molecule has 0 aromatic carbocycles. The second-order valence-electron chi connectivity index (χ2n) is 5.39. The smallest absolute Gasteiger partial charge is 0.0955 e. The molecule has 1 aromatic heterocycles. The molecule has 0 aliphatic heterocycles. The Morgan fingerprint density at radius 2 is 2.18 bits per heavy atom. The van der Waals surface area contributed by atoms with Crippen molar-refractivity contribution in [3.63, 3.8) is 0 Å². The average molecular weight is 255 g/mol. The highest BCUT2D eigenvalue weighted by atomic mass is 32.1. The van der Waals surface area contributed by atoms with Crippen LogP contribution in [-0.4, -0.2) is 26.9 Å². The molecule has 1 unspecified atom stereocenters. The van der Waals surface area contributed by atoms with E-state index in [2.05, 4.69) is 11.9 Å². The molecule has 4 heteroatoms. The Balaban J connectivity index is 1.97. The number of aromatic nitrogens is 1. The van der Waals surface area contributed by atoms with E-state index in [1.807, 2.05) is 12.3 Å². The van der Waals surface area contributed by atoms with E-state index in [1.165, 1.54) is 0 Å². The molecule has 1 aliphatic carbocycles. The molecule has 0 amide bonds. The van der Waals surface area contributed by atoms with E-state index in [0.29, 0.717) is 25.2 Å². The zero-order valence-corrected chi connectivity index (χ0v) is 11.3. The standard InChI is InChI=1S/C13H21NO2S/c1-9-3-5-13(16,6-4-9)11(15)7-12-14-10(2)8-17-12/h8-9,11,15-16H,3-7H2,1-2H3. The first kappa shape index (κ1) is 13.0. The van der Waals surface area contributed by atoms with Gasteiger partial charge >= 0.3 is 0 Å². The highest BCUT2D eigenvalue weighted by Crippen LogP contribution is 2.35. The van der Waals surface area contributed by atoms with E-state index >= 15 is 0 Å². The highest BCUT2D eigenvalue weighted by Gasteiger charge is 2.38. The lowest BCUT2D eigenvalue weighted by Gasteiger charge is -2.38. The third-order valence-electron chi connectivity index (χ3n) is 3.79. The van der Waals surface area contributed by atoms with Crippen molar-refractivity contribution in [2.24, 2.45) is 5.92 Å². The molecule has 0 bridgehead atoms. The van der Waals surface area contributed by atoms with E-state index in [-0.39, 0.29) is 0 Å². The van der Waals surface area contributed by atoms with Crippen LogP contribution >= 0.6 is 11.3 Å². The predicted molar refractivity (Wildman–Crippen MR) is 69.1 cm³/mol. The van der Waals surface area contributed by atoms with Crippen molar-refractivity contribution < 1.29 is 10.2 Å². The number of hydrogen-bond acceptors (Lipinski definition) is 4. The second kappa shape index (κ2) is 5.04. The van der Waals surface area contributed by atoms with Gasteiger partial charge in [0, 0.05) is 17.5 Å². The van der Waals surface area contributed by atoms with Gasteiger partial charge in [-0.15, -0.1) is 11.3 Å². The quantitative estimate of drug-likeness (QED) is 0.871. The first-order valence-corrected chi connectivity index (χ1v) is 7.19. The van der Waals surface area contributed by atoms with Crippen LogP contribution < -0.4 is 0 Å². The largest absolute Gasteiger partial charge is 0.390 e. The van der Waals surface area contributed by atoms with Crippen LogP contribution in [0.2, 0.25) is 0 Å². The summed E-state index contributed by atoms with van der Waals surface area (Å²) in [6.07, 6.45) is 3.22. The normalized spacial score (nSPS) is 31.4. The number of nitrogens with zero attached hydrogens (tertiary/aromatic N) is 1. The van der Waals surface area contributed by atoms with Crippen molar-refractivity contribution in [2.45, 2.75) is 57.7 Å². The maximum Gasteiger partial charge on any atom is 0.0955 e. The molecule has 96 valence electrons. The van der Waals surface area contributed by atoms with Gasteiger partial charge in [-0.1, -0.05) is 6.92 Å². The molecule has 0 saturated heterocycles. The molecule has 1 fully saturated rings. The number of aryl methyl sites for hydroxylation is 1. The maximum absolute atomic E-state index is 10.5. The lowest BCUT2D eigenvalue weighted by Crippen LogP contribution is -2.46. The molecule has 1 heterocycles. The van der Waals surface area contributed by atoms with Gasteiger partial charge in [0.1, 0.15) is 0 Å². The maximum atomic E-state index is 10.5. The second-order valence-corrected chi connectivity index (χ2v) is 6.33. The van der Waals surface area contributed by atoms with E-state index in [1.54, 1.807) is 11.3 Å². The van der Waals surface area contributed by atoms with Crippen LogP contribution in [0, 0.1) is 12.8 Å². The van der Waals surface area contributed by atoms with E-state index in [4.69, 9.17) is 0 Å². The molecule has 2 rings (SSSR count). The van der Waals surface area contributed by atoms with E-state index in [9.17, 15) is 10.2 Å². The minimum atomic E-state index is -0.897. The third kappa shape index (κ3) is 3.06. The molecular weight excluding hydrogens is 234 g/mol. The van der Waals surface area contributed by atoms with Crippen molar-refractivity contribution in [3.8, 4) is 0 Å². The fraction of sp³-hybridized carbons (Fsp3) is 0.769. The number of thiazole rings is 1. The van der Waals surface area contributed by atoms with Crippen LogP contribution in [-0.2, 0) is 6.42 Å². The minimum Gasteiger partial charge on any atom is -0.390 e. The van der Waals surface area contributed by atoms with Gasteiger partial charge in [-0.25, -0.2) is 4.98 Å². The lowest BCUT2D eigenvalue weighted by molar-refractivity contribution is -0.102. The Labute approximate surface area is 107 Å². The summed E-state index contributed by atoms with van der Waals surface area (Å²) in [5, 5.41) is 23.6. The van der Waals surface area contributed by atoms with Gasteiger partial charge in [-0.3, -0.25) is 0 Å². The minimum absolute atomic E-state index is 0.476. The molecule has 17 heavy (non-hydrogen) atoms. The summed E-state index contributed by atoms with van der Waals surface area (Å²) in [5.74, 6) is 0.671. The molecule has 1 atom stereocenters. The topological polar surface area (TPSA) is 53.4 Å². The predicted octanol–water partition coefficient (Wildman–Crippen LogP) is 2.30. The number of aliphatic hydroxyl groups excluding tert-OH is 1. The van der Waals surface area contributed by atoms with Crippen LogP contribution in [0.3, 0.4) is 0 Å². The summed E-state index contributed by atoms with van der Waals surface area (Å²) in [6.45, 7) is 4.15. The highest BCUT2D eigenvalue weighted by molar-refractivity contribution is 7.09. The van der Waals surface area contributed by atoms with E-state index in [0.717, 1.165) is 23.5 Å². The molecule has 1 aromatic rings. The van der Waals surface area contributed by atoms with Crippen molar-refractivity contribution >= 4 is 11.3 Å². The van der Waals surface area contributed by atoms with E-state index < -0.39 is 11.7 Å². The van der Waals surface area contributed by atoms with Gasteiger partial charge in [0.25, 0.3) is 0 Å². The van der Waals surface area contributed by atoms with Crippen LogP contribution in [0.25, 0.3) is 0 Å². The zero-order chi connectivity index (χ0) is 12.5. The molecule has 1 saturated carbocycles. The van der Waals surface area contributed by atoms with Crippen molar-refractivity contribution in [1.82, 2.24) is 4.98 Å². The number of hydrogen-bond donors (Lipinski definition) is 2. The summed E-state index contributed by atoms with van der Waals surface area (Å²) in [7, 11) is 0. The lowest BCUT2D eigenvalue weighted by atomic mass is 9.76. The van der Waals surface area contributed by atoms with Gasteiger partial charge in [0.05, 0.1) is 16.7 Å². The molecule has 0 spiro atoms. The number of aliphatic hydroxyl groups is 2. The van der Waals surface area contributed by atoms with Crippen molar-refractivity contribution in [2.75, 3.05) is 0 Å². The van der Waals surface area contributed by atoms with Gasteiger partial charge in [0.2, 0.25) is 0 Å². The Hall–Kier alpha value is -0.450. The summed E-state index contributed by atoms with van der Waals surface area (Å²) < 4.78 is 0. The van der Waals surface area contributed by atoms with Gasteiger partial charge in [-0.05, 0) is 38.5 Å². The Kier molecular flexibility index (Phi) is 3.85. The molecule has 0 radical (unpaired) electrons. The monoisotopic (exact) mass is 255 g/mol. The molecule has 1 aliphatic rings. The molecular formula is C13H21NO2S. The fourth-order valence-corrected chi connectivity index (χ4v) is 3.26. The summed E-state index contributed by atoms with van der Waals surface area (Å²) in [5.41, 5.74) is 0.0907. The number of rotatable bonds is 3. The van der Waals surface area contributed by atoms with Crippen LogP contribution in [0.15, 0.2) is 5.38 Å². The molecule has 3 nitrogen and oxygen atoms in total. The Morgan fingerprint density at radius 3 is 2.71 bits per heavy atom. The zero-order valence-electron chi connectivity index (χ0n) is 10.5. The average Bonchev–Trinajstić information content (AvgIpc) is 2.68. The van der Waals surface area contributed by atoms with Gasteiger partial charge in [-0.2, -0.15) is 0 Å². The molecule has 2 N–H and O–H groups in total. The van der Waals surface area contributed by atoms with Crippen LogP contribution in [0.5, 0.6) is 0 Å². The van der Waals surface area contributed by atoms with Gasteiger partial charge < -0.3 is 10.2 Å². The first-order chi connectivity index (χ1) is 7.99. The summed E-state index contributed by atoms with van der Waals surface area (Å²) in [6, 6.07) is 0. The summed E-state index contributed by atoms with van der Waals surface area (Å²) >= 11 is 1.56. The SMILES string of the molecule is Cc1csc(CC(O)C2(O)CCC(C)CC2)n1. The fourth-order valence-electron chi connectivity index (χ4n) is 2.45.